The number of nitrogens with zero attached hydrogens (tertiary/aromatic N) is 1. The maximum Gasteiger partial charge on any atom is 0.283 e. The maximum atomic E-state index is 12.5. The molecule has 3 nitrogen and oxygen atoms in total. The molecule has 0 N–H and O–H groups in total. The zero-order chi connectivity index (χ0) is 10.8. The van der Waals surface area contributed by atoms with E-state index in [0.717, 1.165) is 24.3 Å². The first-order chi connectivity index (χ1) is 6.42. The van der Waals surface area contributed by atoms with E-state index in [4.69, 9.17) is 0 Å². The summed E-state index contributed by atoms with van der Waals surface area (Å²) in [6.07, 6.45) is 0. The molecule has 0 heterocycles. The highest BCUT2D eigenvalue weighted by atomic mass is 32.2. The fourth-order valence-corrected chi connectivity index (χ4v) is 2.21. The molecule has 1 aromatic carbocycles. The van der Waals surface area contributed by atoms with Gasteiger partial charge in [-0.15, -0.1) is 29.7 Å². The van der Waals surface area contributed by atoms with Crippen LogP contribution in [-0.2, 0) is 10.0 Å². The third kappa shape index (κ3) is 3.00. The molecule has 0 aliphatic heterocycles. The topological polar surface area (TPSA) is 46.5 Å². The first-order valence-electron chi connectivity index (χ1n) is 3.40. The summed E-state index contributed by atoms with van der Waals surface area (Å²) >= 11 is 7.25. The van der Waals surface area contributed by atoms with Crippen LogP contribution in [0, 0.1) is 5.82 Å². The van der Waals surface area contributed by atoms with Crippen LogP contribution in [0.15, 0.2) is 33.6 Å². The lowest BCUT2D eigenvalue weighted by molar-refractivity contribution is 0.597. The second-order valence-electron chi connectivity index (χ2n) is 2.32. The van der Waals surface area contributed by atoms with Crippen LogP contribution < -0.4 is 0 Å². The van der Waals surface area contributed by atoms with Crippen LogP contribution >= 0.6 is 25.3 Å². The second kappa shape index (κ2) is 4.33. The Morgan fingerprint density at radius 2 is 1.71 bits per heavy atom. The Hall–Kier alpha value is -0.530. The van der Waals surface area contributed by atoms with Crippen molar-refractivity contribution in [3.05, 3.63) is 30.1 Å². The van der Waals surface area contributed by atoms with E-state index in [1.807, 2.05) is 0 Å². The molecule has 0 aliphatic carbocycles. The van der Waals surface area contributed by atoms with Crippen LogP contribution in [0.5, 0.6) is 0 Å². The zero-order valence-corrected chi connectivity index (χ0v) is 9.36. The minimum atomic E-state index is -3.81. The van der Waals surface area contributed by atoms with Crippen molar-refractivity contribution in [3.63, 3.8) is 0 Å². The van der Waals surface area contributed by atoms with Gasteiger partial charge in [0.05, 0.1) is 4.90 Å². The Labute approximate surface area is 91.9 Å². The number of thiol groups is 2. The van der Waals surface area contributed by atoms with Gasteiger partial charge < -0.3 is 0 Å². The van der Waals surface area contributed by atoms with Gasteiger partial charge in [0.1, 0.15) is 10.2 Å². The molecule has 0 bridgehead atoms. The van der Waals surface area contributed by atoms with Crippen molar-refractivity contribution in [2.45, 2.75) is 4.90 Å². The van der Waals surface area contributed by atoms with Gasteiger partial charge in [-0.25, -0.2) is 4.39 Å². The third-order valence-corrected chi connectivity index (χ3v) is 3.07. The molecule has 0 spiro atoms. The van der Waals surface area contributed by atoms with Gasteiger partial charge >= 0.3 is 0 Å². The predicted octanol–water partition coefficient (Wildman–Crippen LogP) is 1.73. The van der Waals surface area contributed by atoms with Gasteiger partial charge in [0, 0.05) is 0 Å². The summed E-state index contributed by atoms with van der Waals surface area (Å²) in [4.78, 5) is -0.0977. The van der Waals surface area contributed by atoms with Gasteiger partial charge in [-0.1, -0.05) is 0 Å². The number of benzene rings is 1. The van der Waals surface area contributed by atoms with E-state index in [0.29, 0.717) is 0 Å². The Kier molecular flexibility index (Phi) is 3.57. The van der Waals surface area contributed by atoms with Crippen molar-refractivity contribution in [1.82, 2.24) is 0 Å². The first kappa shape index (κ1) is 11.5. The van der Waals surface area contributed by atoms with E-state index < -0.39 is 15.8 Å². The van der Waals surface area contributed by atoms with E-state index in [1.54, 1.807) is 0 Å². The van der Waals surface area contributed by atoms with E-state index >= 15 is 0 Å². The molecule has 1 rings (SSSR count). The number of hydrogen-bond acceptors (Lipinski definition) is 2. The summed E-state index contributed by atoms with van der Waals surface area (Å²) in [7, 11) is -3.81. The van der Waals surface area contributed by atoms with Gasteiger partial charge in [0.15, 0.2) is 0 Å². The molecule has 0 unspecified atom stereocenters. The van der Waals surface area contributed by atoms with E-state index in [-0.39, 0.29) is 9.27 Å². The fourth-order valence-electron chi connectivity index (χ4n) is 0.767. The molecule has 14 heavy (non-hydrogen) atoms. The normalized spacial score (nSPS) is 11.1. The quantitative estimate of drug-likeness (QED) is 0.478. The van der Waals surface area contributed by atoms with Crippen LogP contribution in [-0.4, -0.2) is 12.8 Å². The van der Waals surface area contributed by atoms with E-state index in [1.165, 1.54) is 0 Å². The Morgan fingerprint density at radius 1 is 1.21 bits per heavy atom. The molecule has 0 amide bonds. The summed E-state index contributed by atoms with van der Waals surface area (Å²) in [5.41, 5.74) is 0. The molecule has 0 aliphatic rings. The van der Waals surface area contributed by atoms with Crippen molar-refractivity contribution in [1.29, 1.82) is 0 Å². The molecule has 0 saturated carbocycles. The van der Waals surface area contributed by atoms with Crippen molar-refractivity contribution in [3.8, 4) is 0 Å². The van der Waals surface area contributed by atoms with Crippen molar-refractivity contribution in [2.75, 3.05) is 0 Å². The maximum absolute atomic E-state index is 12.5. The number of sulfonamides is 1. The summed E-state index contributed by atoms with van der Waals surface area (Å²) in [5, 5.41) is 0. The van der Waals surface area contributed by atoms with Gasteiger partial charge in [-0.05, 0) is 24.3 Å². The Bertz CT molecular complexity index is 448. The minimum Gasteiger partial charge on any atom is -0.207 e. The lowest BCUT2D eigenvalue weighted by Gasteiger charge is -1.97. The highest BCUT2D eigenvalue weighted by molar-refractivity contribution is 8.24. The number of rotatable bonds is 2. The van der Waals surface area contributed by atoms with Gasteiger partial charge in [0.2, 0.25) is 0 Å². The Balaban J connectivity index is 3.18. The minimum absolute atomic E-state index is 0.0977. The summed E-state index contributed by atoms with van der Waals surface area (Å²) in [5.74, 6) is -0.509. The van der Waals surface area contributed by atoms with E-state index in [9.17, 15) is 12.8 Å². The molecule has 0 saturated heterocycles. The smallest absolute Gasteiger partial charge is 0.207 e. The molecular formula is C7H6FNO2S3. The number of halogens is 1. The summed E-state index contributed by atoms with van der Waals surface area (Å²) in [6, 6.07) is 4.33. The van der Waals surface area contributed by atoms with Crippen LogP contribution in [0.2, 0.25) is 0 Å². The van der Waals surface area contributed by atoms with Crippen LogP contribution in [0.3, 0.4) is 0 Å². The molecule has 76 valence electrons. The average Bonchev–Trinajstić information content (AvgIpc) is 2.02. The SMILES string of the molecule is O=S(=O)(N=C(S)S)c1ccc(F)cc1. The lowest BCUT2D eigenvalue weighted by atomic mass is 10.4. The van der Waals surface area contributed by atoms with Crippen LogP contribution in [0.1, 0.15) is 0 Å². The highest BCUT2D eigenvalue weighted by Crippen LogP contribution is 2.13. The fraction of sp³-hybridized carbons (Fsp3) is 0. The molecule has 0 radical (unpaired) electrons. The molecule has 0 fully saturated rings. The van der Waals surface area contributed by atoms with Gasteiger partial charge in [-0.3, -0.25) is 0 Å². The average molecular weight is 251 g/mol. The Morgan fingerprint density at radius 3 is 2.14 bits per heavy atom. The van der Waals surface area contributed by atoms with Crippen LogP contribution in [0.4, 0.5) is 4.39 Å². The standard InChI is InChI=1S/C7H6FNO2S3/c8-5-1-3-6(4-2-5)14(10,11)9-7(12)13/h1-4H,(H2,9,12,13). The van der Waals surface area contributed by atoms with Gasteiger partial charge in [-0.2, -0.15) is 8.42 Å². The lowest BCUT2D eigenvalue weighted by Crippen LogP contribution is -1.97. The second-order valence-corrected chi connectivity index (χ2v) is 5.12. The predicted molar refractivity (Wildman–Crippen MR) is 59.0 cm³/mol. The van der Waals surface area contributed by atoms with Crippen molar-refractivity contribution >= 4 is 39.7 Å². The molecule has 0 aromatic heterocycles. The molecule has 7 heteroatoms. The number of hydrogen-bond donors (Lipinski definition) is 2. The van der Waals surface area contributed by atoms with E-state index in [2.05, 4.69) is 29.7 Å². The molecule has 1 aromatic rings. The zero-order valence-electron chi connectivity index (χ0n) is 6.75. The molecule has 0 atom stereocenters. The third-order valence-electron chi connectivity index (χ3n) is 1.31. The first-order valence-corrected chi connectivity index (χ1v) is 5.74. The highest BCUT2D eigenvalue weighted by Gasteiger charge is 2.12. The largest absolute Gasteiger partial charge is 0.283 e. The monoisotopic (exact) mass is 251 g/mol. The van der Waals surface area contributed by atoms with Crippen molar-refractivity contribution in [2.24, 2.45) is 4.40 Å². The summed E-state index contributed by atoms with van der Waals surface area (Å²) in [6.45, 7) is 0. The van der Waals surface area contributed by atoms with Crippen LogP contribution in [0.25, 0.3) is 0 Å². The summed E-state index contributed by atoms with van der Waals surface area (Å²) < 4.78 is 38.2. The van der Waals surface area contributed by atoms with Crippen molar-refractivity contribution < 1.29 is 12.8 Å². The van der Waals surface area contributed by atoms with Gasteiger partial charge in [0.25, 0.3) is 10.0 Å². The molecular weight excluding hydrogens is 245 g/mol.